The molecule has 2 heterocycles. The van der Waals surface area contributed by atoms with Gasteiger partial charge in [0.25, 0.3) is 0 Å². The maximum atomic E-state index is 4.24. The molecule has 6 heteroatoms. The molecule has 0 saturated carbocycles. The summed E-state index contributed by atoms with van der Waals surface area (Å²) >= 11 is 1.67. The molecule has 1 atom stereocenters. The van der Waals surface area contributed by atoms with Gasteiger partial charge < -0.3 is 5.32 Å². The van der Waals surface area contributed by atoms with Gasteiger partial charge in [0.1, 0.15) is 5.01 Å². The van der Waals surface area contributed by atoms with Crippen molar-refractivity contribution >= 4 is 16.5 Å². The Kier molecular flexibility index (Phi) is 4.91. The fourth-order valence-corrected chi connectivity index (χ4v) is 3.27. The molecule has 1 unspecified atom stereocenters. The van der Waals surface area contributed by atoms with E-state index in [-0.39, 0.29) is 0 Å². The lowest BCUT2D eigenvalue weighted by molar-refractivity contribution is 0.0833. The van der Waals surface area contributed by atoms with Gasteiger partial charge in [0.05, 0.1) is 6.54 Å². The number of hydrogen-bond acceptors (Lipinski definition) is 6. The molecule has 0 amide bonds. The molecular formula is C12H23N5S. The summed E-state index contributed by atoms with van der Waals surface area (Å²) in [5.41, 5.74) is 0. The van der Waals surface area contributed by atoms with Crippen LogP contribution in [-0.2, 0) is 6.54 Å². The molecule has 0 radical (unpaired) electrons. The first kappa shape index (κ1) is 13.7. The van der Waals surface area contributed by atoms with Crippen LogP contribution >= 0.6 is 11.3 Å². The summed E-state index contributed by atoms with van der Waals surface area (Å²) in [6, 6.07) is 0.643. The SMILES string of the molecule is CCNc1nnc(CN2CCN(CC)C(C)C2)s1. The van der Waals surface area contributed by atoms with Crippen LogP contribution in [0.5, 0.6) is 0 Å². The van der Waals surface area contributed by atoms with Crippen molar-refractivity contribution in [3.63, 3.8) is 0 Å². The number of piperazine rings is 1. The molecule has 1 saturated heterocycles. The van der Waals surface area contributed by atoms with Gasteiger partial charge in [-0.1, -0.05) is 18.3 Å². The topological polar surface area (TPSA) is 44.3 Å². The first-order valence-corrected chi connectivity index (χ1v) is 7.57. The highest BCUT2D eigenvalue weighted by Crippen LogP contribution is 2.18. The van der Waals surface area contributed by atoms with E-state index in [1.165, 1.54) is 0 Å². The minimum Gasteiger partial charge on any atom is -0.360 e. The van der Waals surface area contributed by atoms with E-state index in [1.807, 2.05) is 0 Å². The molecule has 1 aliphatic rings. The Morgan fingerprint density at radius 1 is 1.33 bits per heavy atom. The minimum absolute atomic E-state index is 0.643. The van der Waals surface area contributed by atoms with Crippen molar-refractivity contribution in [2.24, 2.45) is 0 Å². The van der Waals surface area contributed by atoms with E-state index in [1.54, 1.807) is 11.3 Å². The van der Waals surface area contributed by atoms with E-state index >= 15 is 0 Å². The van der Waals surface area contributed by atoms with Gasteiger partial charge in [0, 0.05) is 32.2 Å². The number of nitrogens with one attached hydrogen (secondary N) is 1. The summed E-state index contributed by atoms with van der Waals surface area (Å²) < 4.78 is 0. The van der Waals surface area contributed by atoms with Gasteiger partial charge >= 0.3 is 0 Å². The van der Waals surface area contributed by atoms with E-state index in [4.69, 9.17) is 0 Å². The standard InChI is InChI=1S/C12H23N5S/c1-4-13-12-15-14-11(18-12)9-16-6-7-17(5-2)10(3)8-16/h10H,4-9H2,1-3H3,(H,13,15). The Labute approximate surface area is 113 Å². The number of aromatic nitrogens is 2. The average molecular weight is 269 g/mol. The molecule has 102 valence electrons. The van der Waals surface area contributed by atoms with Crippen LogP contribution in [0.15, 0.2) is 0 Å². The lowest BCUT2D eigenvalue weighted by Crippen LogP contribution is -2.51. The number of hydrogen-bond donors (Lipinski definition) is 1. The molecule has 1 aromatic rings. The molecule has 0 spiro atoms. The minimum atomic E-state index is 0.643. The zero-order valence-corrected chi connectivity index (χ0v) is 12.3. The molecule has 1 aromatic heterocycles. The van der Waals surface area contributed by atoms with Gasteiger partial charge in [0.2, 0.25) is 5.13 Å². The second-order valence-corrected chi connectivity index (χ2v) is 5.81. The van der Waals surface area contributed by atoms with Gasteiger partial charge in [-0.25, -0.2) is 0 Å². The Morgan fingerprint density at radius 2 is 2.17 bits per heavy atom. The molecule has 1 N–H and O–H groups in total. The smallest absolute Gasteiger partial charge is 0.205 e. The summed E-state index contributed by atoms with van der Waals surface area (Å²) in [5.74, 6) is 0. The third-order valence-electron chi connectivity index (χ3n) is 3.41. The summed E-state index contributed by atoms with van der Waals surface area (Å²) in [5, 5.41) is 13.6. The molecule has 5 nitrogen and oxygen atoms in total. The lowest BCUT2D eigenvalue weighted by atomic mass is 10.2. The van der Waals surface area contributed by atoms with Gasteiger partial charge in [0.15, 0.2) is 0 Å². The second kappa shape index (κ2) is 6.45. The van der Waals surface area contributed by atoms with Gasteiger partial charge in [-0.2, -0.15) is 0 Å². The quantitative estimate of drug-likeness (QED) is 0.877. The highest BCUT2D eigenvalue weighted by atomic mass is 32.1. The molecule has 2 rings (SSSR count). The van der Waals surface area contributed by atoms with Crippen LogP contribution in [-0.4, -0.2) is 58.8 Å². The molecule has 0 aromatic carbocycles. The summed E-state index contributed by atoms with van der Waals surface area (Å²) in [7, 11) is 0. The Hall–Kier alpha value is -0.720. The number of nitrogens with zero attached hydrogens (tertiary/aromatic N) is 4. The van der Waals surface area contributed by atoms with Crippen molar-refractivity contribution in [1.82, 2.24) is 20.0 Å². The Balaban J connectivity index is 1.86. The van der Waals surface area contributed by atoms with Gasteiger partial charge in [-0.15, -0.1) is 10.2 Å². The summed E-state index contributed by atoms with van der Waals surface area (Å²) in [6.45, 7) is 13.0. The van der Waals surface area contributed by atoms with Crippen LogP contribution < -0.4 is 5.32 Å². The first-order chi connectivity index (χ1) is 8.72. The summed E-state index contributed by atoms with van der Waals surface area (Å²) in [4.78, 5) is 5.01. The molecular weight excluding hydrogens is 246 g/mol. The highest BCUT2D eigenvalue weighted by Gasteiger charge is 2.23. The largest absolute Gasteiger partial charge is 0.360 e. The van der Waals surface area contributed by atoms with Crippen LogP contribution in [0.3, 0.4) is 0 Å². The zero-order valence-electron chi connectivity index (χ0n) is 11.5. The number of likely N-dealkylation sites (N-methyl/N-ethyl adjacent to an activating group) is 1. The van der Waals surface area contributed by atoms with Gasteiger partial charge in [-0.3, -0.25) is 9.80 Å². The second-order valence-electron chi connectivity index (χ2n) is 4.74. The molecule has 18 heavy (non-hydrogen) atoms. The maximum Gasteiger partial charge on any atom is 0.205 e. The fraction of sp³-hybridized carbons (Fsp3) is 0.833. The van der Waals surface area contributed by atoms with Crippen LogP contribution in [0.1, 0.15) is 25.8 Å². The molecule has 1 aliphatic heterocycles. The average Bonchev–Trinajstić information content (AvgIpc) is 2.77. The van der Waals surface area contributed by atoms with Crippen molar-refractivity contribution in [3.05, 3.63) is 5.01 Å². The highest BCUT2D eigenvalue weighted by molar-refractivity contribution is 7.15. The van der Waals surface area contributed by atoms with Crippen LogP contribution in [0.2, 0.25) is 0 Å². The fourth-order valence-electron chi connectivity index (χ4n) is 2.42. The van der Waals surface area contributed by atoms with E-state index in [2.05, 4.69) is 46.1 Å². The van der Waals surface area contributed by atoms with Crippen molar-refractivity contribution in [1.29, 1.82) is 0 Å². The predicted molar refractivity (Wildman–Crippen MR) is 76.1 cm³/mol. The maximum absolute atomic E-state index is 4.24. The van der Waals surface area contributed by atoms with E-state index in [9.17, 15) is 0 Å². The van der Waals surface area contributed by atoms with Gasteiger partial charge in [-0.05, 0) is 20.4 Å². The third-order valence-corrected chi connectivity index (χ3v) is 4.27. The summed E-state index contributed by atoms with van der Waals surface area (Å²) in [6.07, 6.45) is 0. The van der Waals surface area contributed by atoms with Crippen molar-refractivity contribution in [2.45, 2.75) is 33.4 Å². The van der Waals surface area contributed by atoms with Crippen LogP contribution in [0.4, 0.5) is 5.13 Å². The zero-order chi connectivity index (χ0) is 13.0. The van der Waals surface area contributed by atoms with Crippen molar-refractivity contribution < 1.29 is 0 Å². The van der Waals surface area contributed by atoms with Crippen LogP contribution in [0, 0.1) is 0 Å². The van der Waals surface area contributed by atoms with E-state index in [0.717, 1.165) is 49.4 Å². The van der Waals surface area contributed by atoms with Crippen molar-refractivity contribution in [3.8, 4) is 0 Å². The number of anilines is 1. The third kappa shape index (κ3) is 3.40. The molecule has 0 aliphatic carbocycles. The number of rotatable bonds is 5. The lowest BCUT2D eigenvalue weighted by Gasteiger charge is -2.38. The van der Waals surface area contributed by atoms with Crippen molar-refractivity contribution in [2.75, 3.05) is 38.0 Å². The first-order valence-electron chi connectivity index (χ1n) is 6.75. The normalized spacial score (nSPS) is 22.3. The van der Waals surface area contributed by atoms with Crippen LogP contribution in [0.25, 0.3) is 0 Å². The predicted octanol–water partition coefficient (Wildman–Crippen LogP) is 1.50. The Bertz CT molecular complexity index is 367. The monoisotopic (exact) mass is 269 g/mol. The molecule has 1 fully saturated rings. The molecule has 0 bridgehead atoms. The van der Waals surface area contributed by atoms with E-state index < -0.39 is 0 Å². The Morgan fingerprint density at radius 3 is 2.83 bits per heavy atom. The van der Waals surface area contributed by atoms with E-state index in [0.29, 0.717) is 6.04 Å².